The molecule has 0 amide bonds. The number of rotatable bonds is 3. The minimum absolute atomic E-state index is 0.360. The number of methoxy groups -OCH3 is 1. The number of carbonyl (C=O) groups excluding carboxylic acids is 1. The first kappa shape index (κ1) is 11.2. The van der Waals surface area contributed by atoms with Gasteiger partial charge in [-0.15, -0.1) is 0 Å². The third-order valence-electron chi connectivity index (χ3n) is 2.07. The van der Waals surface area contributed by atoms with Crippen LogP contribution in [0.4, 0.5) is 0 Å². The van der Waals surface area contributed by atoms with E-state index in [0.29, 0.717) is 5.57 Å². The monoisotopic (exact) mass is 202 g/mol. The third-order valence-corrected chi connectivity index (χ3v) is 2.07. The minimum Gasteiger partial charge on any atom is -0.465 e. The van der Waals surface area contributed by atoms with Crippen molar-refractivity contribution in [3.05, 3.63) is 54.1 Å². The Morgan fingerprint density at radius 1 is 1.33 bits per heavy atom. The summed E-state index contributed by atoms with van der Waals surface area (Å²) in [5.41, 5.74) is 2.42. The van der Waals surface area contributed by atoms with Crippen molar-refractivity contribution in [2.24, 2.45) is 0 Å². The van der Waals surface area contributed by atoms with Gasteiger partial charge in [-0.3, -0.25) is 0 Å². The summed E-state index contributed by atoms with van der Waals surface area (Å²) in [5, 5.41) is 0. The summed E-state index contributed by atoms with van der Waals surface area (Å²) in [7, 11) is 1.35. The van der Waals surface area contributed by atoms with E-state index < -0.39 is 5.97 Å². The topological polar surface area (TPSA) is 26.3 Å². The maximum absolute atomic E-state index is 11.1. The second kappa shape index (κ2) is 5.15. The molecule has 0 N–H and O–H groups in total. The molecule has 0 radical (unpaired) electrons. The van der Waals surface area contributed by atoms with Gasteiger partial charge in [-0.25, -0.2) is 4.79 Å². The lowest BCUT2D eigenvalue weighted by Gasteiger charge is -2.02. The minimum atomic E-state index is -0.398. The van der Waals surface area contributed by atoms with Crippen LogP contribution in [0.15, 0.2) is 48.6 Å². The van der Waals surface area contributed by atoms with Crippen LogP contribution in [0.25, 0.3) is 5.57 Å². The lowest BCUT2D eigenvalue weighted by Crippen LogP contribution is -2.01. The van der Waals surface area contributed by atoms with Gasteiger partial charge >= 0.3 is 5.97 Å². The van der Waals surface area contributed by atoms with Crippen molar-refractivity contribution in [2.75, 3.05) is 7.11 Å². The van der Waals surface area contributed by atoms with Crippen LogP contribution in [0, 0.1) is 0 Å². The molecule has 0 saturated heterocycles. The Morgan fingerprint density at radius 2 is 1.93 bits per heavy atom. The van der Waals surface area contributed by atoms with Crippen molar-refractivity contribution in [2.45, 2.75) is 6.92 Å². The zero-order valence-corrected chi connectivity index (χ0v) is 8.99. The van der Waals surface area contributed by atoms with Crippen LogP contribution in [0.2, 0.25) is 0 Å². The van der Waals surface area contributed by atoms with E-state index in [1.165, 1.54) is 7.11 Å². The molecule has 2 heteroatoms. The summed E-state index contributed by atoms with van der Waals surface area (Å²) in [4.78, 5) is 11.1. The highest BCUT2D eigenvalue weighted by Crippen LogP contribution is 2.15. The number of hydrogen-bond donors (Lipinski definition) is 0. The van der Waals surface area contributed by atoms with E-state index in [1.807, 2.05) is 37.3 Å². The van der Waals surface area contributed by atoms with Gasteiger partial charge in [0.2, 0.25) is 0 Å². The van der Waals surface area contributed by atoms with Crippen LogP contribution in [0.5, 0.6) is 0 Å². The predicted molar refractivity (Wildman–Crippen MR) is 61.2 cm³/mol. The number of esters is 1. The smallest absolute Gasteiger partial charge is 0.337 e. The van der Waals surface area contributed by atoms with Gasteiger partial charge in [0.1, 0.15) is 0 Å². The van der Waals surface area contributed by atoms with Gasteiger partial charge in [0.25, 0.3) is 0 Å². The van der Waals surface area contributed by atoms with Gasteiger partial charge < -0.3 is 4.74 Å². The van der Waals surface area contributed by atoms with Crippen LogP contribution in [0.3, 0.4) is 0 Å². The zero-order chi connectivity index (χ0) is 11.3. The average molecular weight is 202 g/mol. The maximum Gasteiger partial charge on any atom is 0.337 e. The Balaban J connectivity index is 2.86. The van der Waals surface area contributed by atoms with E-state index in [-0.39, 0.29) is 0 Å². The maximum atomic E-state index is 11.1. The van der Waals surface area contributed by atoms with Crippen LogP contribution in [-0.2, 0) is 9.53 Å². The Labute approximate surface area is 89.9 Å². The van der Waals surface area contributed by atoms with Crippen molar-refractivity contribution in [3.63, 3.8) is 0 Å². The molecule has 15 heavy (non-hydrogen) atoms. The van der Waals surface area contributed by atoms with Crippen molar-refractivity contribution in [3.8, 4) is 0 Å². The first-order valence-corrected chi connectivity index (χ1v) is 4.66. The van der Waals surface area contributed by atoms with Crippen LogP contribution in [-0.4, -0.2) is 13.1 Å². The quantitative estimate of drug-likeness (QED) is 0.428. The van der Waals surface area contributed by atoms with E-state index in [4.69, 9.17) is 0 Å². The Bertz CT molecular complexity index is 388. The molecule has 0 heterocycles. The van der Waals surface area contributed by atoms with Crippen molar-refractivity contribution in [1.82, 2.24) is 0 Å². The number of benzene rings is 1. The van der Waals surface area contributed by atoms with Crippen LogP contribution >= 0.6 is 0 Å². The molecule has 0 spiro atoms. The molecule has 1 rings (SSSR count). The summed E-state index contributed by atoms with van der Waals surface area (Å²) in [5.74, 6) is -0.398. The van der Waals surface area contributed by atoms with E-state index in [1.54, 1.807) is 6.08 Å². The Morgan fingerprint density at radius 3 is 2.47 bits per heavy atom. The van der Waals surface area contributed by atoms with Gasteiger partial charge in [-0.05, 0) is 24.1 Å². The highest BCUT2D eigenvalue weighted by molar-refractivity contribution is 5.93. The highest BCUT2D eigenvalue weighted by atomic mass is 16.5. The average Bonchev–Trinajstić information content (AvgIpc) is 2.29. The molecule has 78 valence electrons. The molecule has 1 aromatic rings. The fourth-order valence-corrected chi connectivity index (χ4v) is 1.24. The second-order valence-corrected chi connectivity index (χ2v) is 3.21. The Kier molecular flexibility index (Phi) is 3.86. The first-order valence-electron chi connectivity index (χ1n) is 4.66. The lowest BCUT2D eigenvalue weighted by atomic mass is 10.1. The summed E-state index contributed by atoms with van der Waals surface area (Å²) in [6.07, 6.45) is 1.72. The van der Waals surface area contributed by atoms with E-state index in [0.717, 1.165) is 11.1 Å². The van der Waals surface area contributed by atoms with E-state index in [9.17, 15) is 4.79 Å². The zero-order valence-electron chi connectivity index (χ0n) is 8.99. The summed E-state index contributed by atoms with van der Waals surface area (Å²) in [6, 6.07) is 9.82. The molecule has 2 nitrogen and oxygen atoms in total. The Hall–Kier alpha value is -1.83. The molecule has 0 aliphatic rings. The van der Waals surface area contributed by atoms with Crippen LogP contribution in [0.1, 0.15) is 12.5 Å². The van der Waals surface area contributed by atoms with Gasteiger partial charge in [0.15, 0.2) is 0 Å². The molecule has 0 unspecified atom stereocenters. The van der Waals surface area contributed by atoms with Crippen LogP contribution < -0.4 is 0 Å². The van der Waals surface area contributed by atoms with E-state index in [2.05, 4.69) is 11.3 Å². The van der Waals surface area contributed by atoms with Crippen molar-refractivity contribution < 1.29 is 9.53 Å². The second-order valence-electron chi connectivity index (χ2n) is 3.21. The molecule has 0 aromatic heterocycles. The standard InChI is InChI=1S/C13H14O2/c1-10(9-11(2)13(14)15-3)12-7-5-4-6-8-12/h4-9H,2H2,1,3H3. The molecule has 0 atom stereocenters. The number of allylic oxidation sites excluding steroid dienone is 1. The molecule has 0 bridgehead atoms. The van der Waals surface area contributed by atoms with Gasteiger partial charge in [0, 0.05) is 0 Å². The molecule has 0 aliphatic carbocycles. The van der Waals surface area contributed by atoms with E-state index >= 15 is 0 Å². The first-order chi connectivity index (χ1) is 7.15. The predicted octanol–water partition coefficient (Wildman–Crippen LogP) is 2.82. The molecule has 0 fully saturated rings. The molecular weight excluding hydrogens is 188 g/mol. The molecule has 0 saturated carbocycles. The molecule has 0 aliphatic heterocycles. The normalized spacial score (nSPS) is 10.9. The number of carbonyl (C=O) groups is 1. The lowest BCUT2D eigenvalue weighted by molar-refractivity contribution is -0.135. The number of ether oxygens (including phenoxy) is 1. The summed E-state index contributed by atoms with van der Waals surface area (Å²) < 4.78 is 4.57. The summed E-state index contributed by atoms with van der Waals surface area (Å²) >= 11 is 0. The number of hydrogen-bond acceptors (Lipinski definition) is 2. The third kappa shape index (κ3) is 3.09. The fraction of sp³-hybridized carbons (Fsp3) is 0.154. The molecular formula is C13H14O2. The largest absolute Gasteiger partial charge is 0.465 e. The molecule has 1 aromatic carbocycles. The van der Waals surface area contributed by atoms with Gasteiger partial charge in [-0.1, -0.05) is 36.9 Å². The fourth-order valence-electron chi connectivity index (χ4n) is 1.24. The van der Waals surface area contributed by atoms with Gasteiger partial charge in [0.05, 0.1) is 12.7 Å². The summed E-state index contributed by atoms with van der Waals surface area (Å²) in [6.45, 7) is 5.57. The van der Waals surface area contributed by atoms with Gasteiger partial charge in [-0.2, -0.15) is 0 Å². The van der Waals surface area contributed by atoms with Crippen molar-refractivity contribution >= 4 is 11.5 Å². The van der Waals surface area contributed by atoms with Crippen molar-refractivity contribution in [1.29, 1.82) is 0 Å². The SMILES string of the molecule is C=C(C=C(C)c1ccccc1)C(=O)OC. The highest BCUT2D eigenvalue weighted by Gasteiger charge is 2.03.